The minimum atomic E-state index is -1.31. The van der Waals surface area contributed by atoms with Crippen LogP contribution in [-0.4, -0.2) is 54.5 Å². The van der Waals surface area contributed by atoms with Crippen LogP contribution in [0.1, 0.15) is 13.3 Å². The van der Waals surface area contributed by atoms with E-state index in [1.807, 2.05) is 6.92 Å². The summed E-state index contributed by atoms with van der Waals surface area (Å²) in [6, 6.07) is 0. The van der Waals surface area contributed by atoms with Crippen molar-refractivity contribution in [2.24, 2.45) is 0 Å². The van der Waals surface area contributed by atoms with Crippen LogP contribution in [0.3, 0.4) is 0 Å². The summed E-state index contributed by atoms with van der Waals surface area (Å²) in [5.74, 6) is -0.252. The molecule has 0 spiro atoms. The molecule has 1 saturated heterocycles. The highest BCUT2D eigenvalue weighted by Crippen LogP contribution is 2.13. The molecule has 1 fully saturated rings. The molecule has 4 nitrogen and oxygen atoms in total. The second-order valence-electron chi connectivity index (χ2n) is 3.43. The van der Waals surface area contributed by atoms with Crippen molar-refractivity contribution in [3.63, 3.8) is 0 Å². The minimum absolute atomic E-state index is 0.0184. The number of rotatable bonds is 4. The van der Waals surface area contributed by atoms with Crippen molar-refractivity contribution in [2.45, 2.75) is 25.6 Å². The van der Waals surface area contributed by atoms with Gasteiger partial charge in [-0.3, -0.25) is 4.79 Å². The molecule has 1 rings (SSSR count). The van der Waals surface area contributed by atoms with Gasteiger partial charge in [0.15, 0.2) is 0 Å². The summed E-state index contributed by atoms with van der Waals surface area (Å²) in [5.41, 5.74) is 0. The van der Waals surface area contributed by atoms with E-state index in [0.29, 0.717) is 6.61 Å². The minimum Gasteiger partial charge on any atom is -0.388 e. The molecule has 2 atom stereocenters. The molecule has 82 valence electrons. The monoisotopic (exact) mass is 205 g/mol. The number of carbonyl (C=O) groups is 1. The standard InChI is InChI=1S/C9H16FNO3/c1-2-3-14-6-9(13)11-4-7(10)8(12)5-11/h7-8,12H,2-6H2,1H3/t7-,8-/m1/s1. The maximum Gasteiger partial charge on any atom is 0.248 e. The van der Waals surface area contributed by atoms with Gasteiger partial charge in [0.2, 0.25) is 5.91 Å². The molecule has 0 unspecified atom stereocenters. The van der Waals surface area contributed by atoms with Crippen molar-refractivity contribution >= 4 is 5.91 Å². The molecule has 1 aliphatic rings. The van der Waals surface area contributed by atoms with E-state index in [1.54, 1.807) is 0 Å². The normalized spacial score (nSPS) is 26.9. The van der Waals surface area contributed by atoms with E-state index < -0.39 is 12.3 Å². The number of likely N-dealkylation sites (tertiary alicyclic amines) is 1. The van der Waals surface area contributed by atoms with Gasteiger partial charge in [-0.1, -0.05) is 6.92 Å². The first-order valence-electron chi connectivity index (χ1n) is 4.82. The van der Waals surface area contributed by atoms with E-state index in [9.17, 15) is 9.18 Å². The topological polar surface area (TPSA) is 49.8 Å². The van der Waals surface area contributed by atoms with Gasteiger partial charge >= 0.3 is 0 Å². The van der Waals surface area contributed by atoms with Crippen LogP contribution in [0, 0.1) is 0 Å². The van der Waals surface area contributed by atoms with E-state index in [1.165, 1.54) is 4.90 Å². The third-order valence-electron chi connectivity index (χ3n) is 2.15. The first kappa shape index (κ1) is 11.4. The number of halogens is 1. The average molecular weight is 205 g/mol. The lowest BCUT2D eigenvalue weighted by atomic mass is 10.3. The molecule has 0 radical (unpaired) electrons. The fraction of sp³-hybridized carbons (Fsp3) is 0.889. The molecular weight excluding hydrogens is 189 g/mol. The molecule has 0 bridgehead atoms. The Labute approximate surface area is 82.6 Å². The molecule has 0 aliphatic carbocycles. The third kappa shape index (κ3) is 2.92. The Hall–Kier alpha value is -0.680. The van der Waals surface area contributed by atoms with Crippen LogP contribution in [-0.2, 0) is 9.53 Å². The number of nitrogens with zero attached hydrogens (tertiary/aromatic N) is 1. The molecule has 1 N–H and O–H groups in total. The van der Waals surface area contributed by atoms with E-state index >= 15 is 0 Å². The van der Waals surface area contributed by atoms with Crippen LogP contribution >= 0.6 is 0 Å². The van der Waals surface area contributed by atoms with Crippen LogP contribution in [0.15, 0.2) is 0 Å². The molecule has 1 heterocycles. The molecule has 14 heavy (non-hydrogen) atoms. The van der Waals surface area contributed by atoms with Crippen molar-refractivity contribution in [1.82, 2.24) is 4.90 Å². The Morgan fingerprint density at radius 3 is 2.86 bits per heavy atom. The summed E-state index contributed by atoms with van der Waals surface area (Å²) in [7, 11) is 0. The zero-order chi connectivity index (χ0) is 10.6. The van der Waals surface area contributed by atoms with Crippen molar-refractivity contribution in [1.29, 1.82) is 0 Å². The molecule has 0 aromatic heterocycles. The van der Waals surface area contributed by atoms with Crippen LogP contribution in [0.2, 0.25) is 0 Å². The van der Waals surface area contributed by atoms with Gasteiger partial charge in [0.05, 0.1) is 6.54 Å². The molecule has 0 aromatic rings. The number of carbonyl (C=O) groups excluding carboxylic acids is 1. The predicted molar refractivity (Wildman–Crippen MR) is 48.6 cm³/mol. The van der Waals surface area contributed by atoms with E-state index in [0.717, 1.165) is 6.42 Å². The number of amides is 1. The highest BCUT2D eigenvalue weighted by atomic mass is 19.1. The smallest absolute Gasteiger partial charge is 0.248 e. The van der Waals surface area contributed by atoms with Crippen LogP contribution in [0.25, 0.3) is 0 Å². The highest BCUT2D eigenvalue weighted by molar-refractivity contribution is 5.77. The van der Waals surface area contributed by atoms with Crippen LogP contribution < -0.4 is 0 Å². The fourth-order valence-corrected chi connectivity index (χ4v) is 1.35. The van der Waals surface area contributed by atoms with E-state index in [2.05, 4.69) is 0 Å². The van der Waals surface area contributed by atoms with E-state index in [-0.39, 0.29) is 25.6 Å². The lowest BCUT2D eigenvalue weighted by Crippen LogP contribution is -2.32. The largest absolute Gasteiger partial charge is 0.388 e. The zero-order valence-electron chi connectivity index (χ0n) is 8.28. The van der Waals surface area contributed by atoms with Crippen molar-refractivity contribution in [3.05, 3.63) is 0 Å². The molecule has 0 aromatic carbocycles. The first-order chi connectivity index (χ1) is 6.65. The molecule has 1 amide bonds. The fourth-order valence-electron chi connectivity index (χ4n) is 1.35. The summed E-state index contributed by atoms with van der Waals surface area (Å²) in [6.45, 7) is 2.51. The lowest BCUT2D eigenvalue weighted by molar-refractivity contribution is -0.135. The van der Waals surface area contributed by atoms with Gasteiger partial charge < -0.3 is 14.7 Å². The third-order valence-corrected chi connectivity index (χ3v) is 2.15. The van der Waals surface area contributed by atoms with Gasteiger partial charge in [-0.15, -0.1) is 0 Å². The van der Waals surface area contributed by atoms with Gasteiger partial charge in [-0.2, -0.15) is 0 Å². The Bertz CT molecular complexity index is 190. The second-order valence-corrected chi connectivity index (χ2v) is 3.43. The number of aliphatic hydroxyl groups excluding tert-OH is 1. The Morgan fingerprint density at radius 2 is 2.36 bits per heavy atom. The SMILES string of the molecule is CCCOCC(=O)N1C[C@@H](O)[C@H](F)C1. The van der Waals surface area contributed by atoms with Gasteiger partial charge in [-0.25, -0.2) is 4.39 Å². The summed E-state index contributed by atoms with van der Waals surface area (Å²) >= 11 is 0. The maximum absolute atomic E-state index is 12.8. The number of hydrogen-bond donors (Lipinski definition) is 1. The molecule has 1 aliphatic heterocycles. The zero-order valence-corrected chi connectivity index (χ0v) is 8.28. The maximum atomic E-state index is 12.8. The van der Waals surface area contributed by atoms with Crippen LogP contribution in [0.4, 0.5) is 4.39 Å². The Morgan fingerprint density at radius 1 is 1.64 bits per heavy atom. The second kappa shape index (κ2) is 5.26. The summed E-state index contributed by atoms with van der Waals surface area (Å²) < 4.78 is 17.9. The average Bonchev–Trinajstić information content (AvgIpc) is 2.47. The summed E-state index contributed by atoms with van der Waals surface area (Å²) in [5, 5.41) is 9.08. The number of hydrogen-bond acceptors (Lipinski definition) is 3. The van der Waals surface area contributed by atoms with Gasteiger partial charge in [-0.05, 0) is 6.42 Å². The molecular formula is C9H16FNO3. The quantitative estimate of drug-likeness (QED) is 0.655. The van der Waals surface area contributed by atoms with Gasteiger partial charge in [0, 0.05) is 13.2 Å². The van der Waals surface area contributed by atoms with Crippen molar-refractivity contribution in [2.75, 3.05) is 26.3 Å². The van der Waals surface area contributed by atoms with Gasteiger partial charge in [0.1, 0.15) is 18.9 Å². The Kier molecular flexibility index (Phi) is 4.28. The summed E-state index contributed by atoms with van der Waals surface area (Å²) in [4.78, 5) is 12.6. The highest BCUT2D eigenvalue weighted by Gasteiger charge is 2.33. The Balaban J connectivity index is 2.25. The molecule has 5 heteroatoms. The van der Waals surface area contributed by atoms with Crippen molar-refractivity contribution < 1.29 is 19.0 Å². The number of ether oxygens (including phenoxy) is 1. The molecule has 0 saturated carbocycles. The number of alkyl halides is 1. The summed E-state index contributed by atoms with van der Waals surface area (Å²) in [6.07, 6.45) is -1.50. The van der Waals surface area contributed by atoms with Gasteiger partial charge in [0.25, 0.3) is 0 Å². The lowest BCUT2D eigenvalue weighted by Gasteiger charge is -2.14. The van der Waals surface area contributed by atoms with Crippen LogP contribution in [0.5, 0.6) is 0 Å². The predicted octanol–water partition coefficient (Wildman–Crippen LogP) is -0.0458. The first-order valence-corrected chi connectivity index (χ1v) is 4.82. The van der Waals surface area contributed by atoms with E-state index in [4.69, 9.17) is 9.84 Å². The van der Waals surface area contributed by atoms with Crippen molar-refractivity contribution in [3.8, 4) is 0 Å². The number of aliphatic hydroxyl groups is 1. The number of β-amino-alcohol motifs (C(OH)–C–C–N with tert-alkyl or cyclic N) is 1.